The first-order valence-electron chi connectivity index (χ1n) is 7.58. The van der Waals surface area contributed by atoms with Gasteiger partial charge < -0.3 is 9.67 Å². The lowest BCUT2D eigenvalue weighted by Crippen LogP contribution is -1.95. The van der Waals surface area contributed by atoms with E-state index in [-0.39, 0.29) is 5.75 Å². The molecule has 0 aliphatic heterocycles. The van der Waals surface area contributed by atoms with Crippen molar-refractivity contribution < 1.29 is 5.11 Å². The molecule has 118 valence electrons. The molecule has 1 N–H and O–H groups in total. The summed E-state index contributed by atoms with van der Waals surface area (Å²) in [6.07, 6.45) is 5.54. The largest absolute Gasteiger partial charge is 0.507 e. The van der Waals surface area contributed by atoms with Gasteiger partial charge in [0.2, 0.25) is 0 Å². The number of nitrogens with zero attached hydrogens (tertiary/aromatic N) is 3. The van der Waals surface area contributed by atoms with Crippen molar-refractivity contribution in [2.75, 3.05) is 0 Å². The summed E-state index contributed by atoms with van der Waals surface area (Å²) in [6, 6.07) is 16.0. The molecule has 0 fully saturated rings. The van der Waals surface area contributed by atoms with E-state index in [1.807, 2.05) is 40.7 Å². The predicted octanol–water partition coefficient (Wildman–Crippen LogP) is 4.43. The molecule has 0 atom stereocenters. The molecule has 4 rings (SSSR count). The molecular weight excluding hydrogens is 318 g/mol. The first kappa shape index (κ1) is 14.7. The first-order valence-corrected chi connectivity index (χ1v) is 8.42. The van der Waals surface area contributed by atoms with Crippen molar-refractivity contribution in [3.63, 3.8) is 0 Å². The van der Waals surface area contributed by atoms with Gasteiger partial charge in [0.15, 0.2) is 0 Å². The Kier molecular flexibility index (Phi) is 3.84. The van der Waals surface area contributed by atoms with Crippen LogP contribution >= 0.6 is 11.5 Å². The molecule has 0 spiro atoms. The lowest BCUT2D eigenvalue weighted by atomic mass is 10.0. The van der Waals surface area contributed by atoms with E-state index in [1.54, 1.807) is 12.3 Å². The molecule has 4 nitrogen and oxygen atoms in total. The van der Waals surface area contributed by atoms with Crippen LogP contribution in [0.2, 0.25) is 0 Å². The third kappa shape index (κ3) is 2.94. The van der Waals surface area contributed by atoms with Crippen LogP contribution in [0, 0.1) is 0 Å². The average molecular weight is 333 g/mol. The maximum atomic E-state index is 10.3. The summed E-state index contributed by atoms with van der Waals surface area (Å²) < 4.78 is 6.30. The summed E-state index contributed by atoms with van der Waals surface area (Å²) in [5.74, 6) is 0.251. The molecule has 2 aromatic heterocycles. The monoisotopic (exact) mass is 333 g/mol. The molecule has 0 bridgehead atoms. The Bertz CT molecular complexity index is 929. The van der Waals surface area contributed by atoms with Crippen molar-refractivity contribution in [2.24, 2.45) is 0 Å². The number of phenols is 1. The highest BCUT2D eigenvalue weighted by atomic mass is 32.1. The van der Waals surface area contributed by atoms with E-state index in [0.717, 1.165) is 28.9 Å². The lowest BCUT2D eigenvalue weighted by molar-refractivity contribution is 0.477. The summed E-state index contributed by atoms with van der Waals surface area (Å²) in [7, 11) is 0. The van der Waals surface area contributed by atoms with Gasteiger partial charge in [-0.2, -0.15) is 4.37 Å². The normalized spacial score (nSPS) is 10.8. The van der Waals surface area contributed by atoms with Gasteiger partial charge in [-0.15, -0.1) is 0 Å². The van der Waals surface area contributed by atoms with Gasteiger partial charge in [0.1, 0.15) is 5.75 Å². The highest BCUT2D eigenvalue weighted by Gasteiger charge is 2.08. The maximum Gasteiger partial charge on any atom is 0.125 e. The summed E-state index contributed by atoms with van der Waals surface area (Å²) in [4.78, 5) is 4.05. The topological polar surface area (TPSA) is 50.9 Å². The van der Waals surface area contributed by atoms with Gasteiger partial charge in [-0.25, -0.2) is 4.98 Å². The molecule has 0 radical (unpaired) electrons. The van der Waals surface area contributed by atoms with E-state index in [1.165, 1.54) is 17.1 Å². The number of hydrogen-bond acceptors (Lipinski definition) is 4. The van der Waals surface area contributed by atoms with Crippen LogP contribution in [0.15, 0.2) is 72.6 Å². The Hall–Kier alpha value is -2.92. The molecule has 0 saturated heterocycles. The van der Waals surface area contributed by atoms with Crippen LogP contribution in [0.4, 0.5) is 0 Å². The summed E-state index contributed by atoms with van der Waals surface area (Å²) in [6.45, 7) is 0.800. The predicted molar refractivity (Wildman–Crippen MR) is 96.0 cm³/mol. The van der Waals surface area contributed by atoms with E-state index in [0.29, 0.717) is 0 Å². The molecule has 0 saturated carbocycles. The summed E-state index contributed by atoms with van der Waals surface area (Å²) in [5.41, 5.74) is 4.83. The van der Waals surface area contributed by atoms with Crippen LogP contribution in [0.5, 0.6) is 5.75 Å². The Balaban J connectivity index is 1.58. The van der Waals surface area contributed by atoms with Gasteiger partial charge in [-0.1, -0.05) is 30.3 Å². The second kappa shape index (κ2) is 6.29. The fourth-order valence-corrected chi connectivity index (χ4v) is 3.20. The third-order valence-corrected chi connectivity index (χ3v) is 4.48. The number of aromatic hydroxyl groups is 1. The highest BCUT2D eigenvalue weighted by Crippen LogP contribution is 2.33. The number of hydrogen-bond donors (Lipinski definition) is 1. The van der Waals surface area contributed by atoms with E-state index in [9.17, 15) is 5.11 Å². The number of phenolic OH excluding ortho intramolecular Hbond substituents is 1. The van der Waals surface area contributed by atoms with Crippen LogP contribution in [-0.4, -0.2) is 19.0 Å². The molecule has 2 aromatic carbocycles. The van der Waals surface area contributed by atoms with Crippen molar-refractivity contribution in [2.45, 2.75) is 6.54 Å². The van der Waals surface area contributed by atoms with Gasteiger partial charge in [0.05, 0.1) is 12.0 Å². The van der Waals surface area contributed by atoms with Crippen molar-refractivity contribution >= 4 is 11.5 Å². The van der Waals surface area contributed by atoms with Crippen LogP contribution < -0.4 is 0 Å². The maximum absolute atomic E-state index is 10.3. The Labute approximate surface area is 143 Å². The van der Waals surface area contributed by atoms with Crippen molar-refractivity contribution in [3.05, 3.63) is 78.2 Å². The smallest absolute Gasteiger partial charge is 0.125 e. The first-order chi connectivity index (χ1) is 11.8. The van der Waals surface area contributed by atoms with Gasteiger partial charge in [-0.05, 0) is 46.4 Å². The Morgan fingerprint density at radius 1 is 1.00 bits per heavy atom. The molecule has 0 aliphatic carbocycles. The third-order valence-electron chi connectivity index (χ3n) is 3.92. The zero-order chi connectivity index (χ0) is 16.4. The Morgan fingerprint density at radius 2 is 1.83 bits per heavy atom. The molecule has 0 unspecified atom stereocenters. The summed E-state index contributed by atoms with van der Waals surface area (Å²) >= 11 is 1.38. The second-order valence-electron chi connectivity index (χ2n) is 5.55. The minimum absolute atomic E-state index is 0.251. The number of aromatic nitrogens is 3. The molecule has 0 aliphatic rings. The Morgan fingerprint density at radius 3 is 2.50 bits per heavy atom. The minimum Gasteiger partial charge on any atom is -0.507 e. The SMILES string of the molecule is Oc1cc(-c2ccc(Cn3ccnc3)cc2)ccc1-c1ccsn1. The van der Waals surface area contributed by atoms with Gasteiger partial charge in [-0.3, -0.25) is 0 Å². The van der Waals surface area contributed by atoms with E-state index in [2.05, 4.69) is 33.6 Å². The quantitative estimate of drug-likeness (QED) is 0.601. The lowest BCUT2D eigenvalue weighted by Gasteiger charge is -2.08. The van der Waals surface area contributed by atoms with Gasteiger partial charge in [0, 0.05) is 29.9 Å². The number of benzene rings is 2. The van der Waals surface area contributed by atoms with Crippen molar-refractivity contribution in [3.8, 4) is 28.1 Å². The van der Waals surface area contributed by atoms with Gasteiger partial charge in [0.25, 0.3) is 0 Å². The average Bonchev–Trinajstić information content (AvgIpc) is 3.29. The van der Waals surface area contributed by atoms with Crippen LogP contribution in [0.1, 0.15) is 5.56 Å². The highest BCUT2D eigenvalue weighted by molar-refractivity contribution is 7.03. The fourth-order valence-electron chi connectivity index (χ4n) is 2.67. The molecule has 5 heteroatoms. The second-order valence-corrected chi connectivity index (χ2v) is 6.21. The van der Waals surface area contributed by atoms with Crippen molar-refractivity contribution in [1.29, 1.82) is 0 Å². The van der Waals surface area contributed by atoms with E-state index < -0.39 is 0 Å². The van der Waals surface area contributed by atoms with Crippen LogP contribution in [0.3, 0.4) is 0 Å². The number of imidazole rings is 1. The molecule has 0 amide bonds. The fraction of sp³-hybridized carbons (Fsp3) is 0.0526. The standard InChI is InChI=1S/C19H15N3OS/c23-19-11-16(5-6-17(19)18-7-10-24-21-18)15-3-1-14(2-4-15)12-22-9-8-20-13-22/h1-11,13,23H,12H2. The molecule has 4 aromatic rings. The zero-order valence-corrected chi connectivity index (χ0v) is 13.6. The zero-order valence-electron chi connectivity index (χ0n) is 12.8. The molecule has 2 heterocycles. The van der Waals surface area contributed by atoms with E-state index >= 15 is 0 Å². The van der Waals surface area contributed by atoms with Gasteiger partial charge >= 0.3 is 0 Å². The van der Waals surface area contributed by atoms with E-state index in [4.69, 9.17) is 0 Å². The summed E-state index contributed by atoms with van der Waals surface area (Å²) in [5, 5.41) is 12.2. The number of rotatable bonds is 4. The van der Waals surface area contributed by atoms with Crippen LogP contribution in [0.25, 0.3) is 22.4 Å². The van der Waals surface area contributed by atoms with Crippen molar-refractivity contribution in [1.82, 2.24) is 13.9 Å². The molecule has 24 heavy (non-hydrogen) atoms. The van der Waals surface area contributed by atoms with Crippen LogP contribution in [-0.2, 0) is 6.54 Å². The minimum atomic E-state index is 0.251. The molecular formula is C19H15N3OS.